The number of sulfonamides is 1. The number of aliphatic carboxylic acids is 1. The van der Waals surface area contributed by atoms with Crippen molar-refractivity contribution in [2.75, 3.05) is 22.8 Å². The Kier molecular flexibility index (Phi) is 4.32. The standard InChI is InChI=1S/C16H14N2O6S/c19-15-10-24-14-7-6-12(8-13(14)18(15)9-16(20)21)25(22,23)17-11-4-2-1-3-5-11/h1-8,17H,9-10H2,(H,20,21). The van der Waals surface area contributed by atoms with Crippen LogP contribution in [0.3, 0.4) is 0 Å². The van der Waals surface area contributed by atoms with Crippen molar-refractivity contribution in [3.8, 4) is 5.75 Å². The van der Waals surface area contributed by atoms with Crippen molar-refractivity contribution in [2.45, 2.75) is 4.90 Å². The quantitative estimate of drug-likeness (QED) is 0.829. The van der Waals surface area contributed by atoms with Crippen LogP contribution in [0.5, 0.6) is 5.75 Å². The Balaban J connectivity index is 1.98. The molecule has 0 bridgehead atoms. The van der Waals surface area contributed by atoms with Gasteiger partial charge in [0.05, 0.1) is 10.6 Å². The number of rotatable bonds is 5. The number of carbonyl (C=O) groups excluding carboxylic acids is 1. The molecule has 2 aromatic carbocycles. The van der Waals surface area contributed by atoms with Crippen LogP contribution in [0.1, 0.15) is 0 Å². The first-order valence-corrected chi connectivity index (χ1v) is 8.72. The zero-order valence-corrected chi connectivity index (χ0v) is 13.7. The third kappa shape index (κ3) is 3.56. The first-order chi connectivity index (χ1) is 11.9. The number of benzene rings is 2. The molecule has 0 saturated heterocycles. The Labute approximate surface area is 143 Å². The lowest BCUT2D eigenvalue weighted by Crippen LogP contribution is -2.42. The maximum absolute atomic E-state index is 12.5. The molecule has 1 aliphatic heterocycles. The molecule has 0 saturated carbocycles. The van der Waals surface area contributed by atoms with E-state index < -0.39 is 28.4 Å². The Morgan fingerprint density at radius 1 is 1.20 bits per heavy atom. The maximum atomic E-state index is 12.5. The van der Waals surface area contributed by atoms with E-state index in [-0.39, 0.29) is 22.9 Å². The second-order valence-electron chi connectivity index (χ2n) is 5.26. The van der Waals surface area contributed by atoms with Gasteiger partial charge in [-0.1, -0.05) is 18.2 Å². The van der Waals surface area contributed by atoms with Gasteiger partial charge in [-0.25, -0.2) is 8.42 Å². The molecule has 0 radical (unpaired) electrons. The first kappa shape index (κ1) is 16.8. The molecule has 9 heteroatoms. The number of nitrogens with one attached hydrogen (secondary N) is 1. The number of amides is 1. The highest BCUT2D eigenvalue weighted by molar-refractivity contribution is 7.92. The van der Waals surface area contributed by atoms with Gasteiger partial charge in [-0.15, -0.1) is 0 Å². The summed E-state index contributed by atoms with van der Waals surface area (Å²) >= 11 is 0. The lowest BCUT2D eigenvalue weighted by Gasteiger charge is -2.28. The van der Waals surface area contributed by atoms with Gasteiger partial charge in [0.25, 0.3) is 15.9 Å². The molecular weight excluding hydrogens is 348 g/mol. The van der Waals surface area contributed by atoms with Crippen LogP contribution in [-0.4, -0.2) is 38.6 Å². The van der Waals surface area contributed by atoms with Crippen molar-refractivity contribution in [2.24, 2.45) is 0 Å². The lowest BCUT2D eigenvalue weighted by molar-refractivity contribution is -0.137. The van der Waals surface area contributed by atoms with E-state index in [1.807, 2.05) is 0 Å². The number of para-hydroxylation sites is 1. The minimum atomic E-state index is -3.91. The fourth-order valence-corrected chi connectivity index (χ4v) is 3.46. The van der Waals surface area contributed by atoms with E-state index >= 15 is 0 Å². The third-order valence-electron chi connectivity index (χ3n) is 3.50. The molecule has 0 unspecified atom stereocenters. The number of carboxylic acids is 1. The molecule has 0 atom stereocenters. The summed E-state index contributed by atoms with van der Waals surface area (Å²) in [5, 5.41) is 8.97. The minimum absolute atomic E-state index is 0.106. The second kappa shape index (κ2) is 6.44. The van der Waals surface area contributed by atoms with Crippen molar-refractivity contribution in [3.63, 3.8) is 0 Å². The van der Waals surface area contributed by atoms with Crippen molar-refractivity contribution in [1.82, 2.24) is 0 Å². The van der Waals surface area contributed by atoms with Crippen LogP contribution in [0.2, 0.25) is 0 Å². The summed E-state index contributed by atoms with van der Waals surface area (Å²) in [6.45, 7) is -0.876. The van der Waals surface area contributed by atoms with Crippen molar-refractivity contribution in [1.29, 1.82) is 0 Å². The van der Waals surface area contributed by atoms with Crippen LogP contribution in [0, 0.1) is 0 Å². The molecule has 0 spiro atoms. The van der Waals surface area contributed by atoms with Crippen LogP contribution < -0.4 is 14.4 Å². The predicted molar refractivity (Wildman–Crippen MR) is 89.2 cm³/mol. The summed E-state index contributed by atoms with van der Waals surface area (Å²) in [5.74, 6) is -1.52. The fraction of sp³-hybridized carbons (Fsp3) is 0.125. The van der Waals surface area contributed by atoms with Crippen molar-refractivity contribution in [3.05, 3.63) is 48.5 Å². The highest BCUT2D eigenvalue weighted by atomic mass is 32.2. The van der Waals surface area contributed by atoms with Gasteiger partial charge in [0, 0.05) is 5.69 Å². The Bertz CT molecular complexity index is 927. The van der Waals surface area contributed by atoms with Gasteiger partial charge in [0.2, 0.25) is 0 Å². The summed E-state index contributed by atoms with van der Waals surface area (Å²) in [5.41, 5.74) is 0.490. The molecule has 0 aromatic heterocycles. The fourth-order valence-electron chi connectivity index (χ4n) is 2.38. The van der Waals surface area contributed by atoms with Crippen LogP contribution >= 0.6 is 0 Å². The van der Waals surface area contributed by atoms with Crippen molar-refractivity contribution < 1.29 is 27.9 Å². The maximum Gasteiger partial charge on any atom is 0.323 e. The summed E-state index contributed by atoms with van der Waals surface area (Å²) in [4.78, 5) is 23.8. The lowest BCUT2D eigenvalue weighted by atomic mass is 10.2. The molecular formula is C16H14N2O6S. The van der Waals surface area contributed by atoms with Gasteiger partial charge < -0.3 is 9.84 Å². The Morgan fingerprint density at radius 3 is 2.60 bits per heavy atom. The van der Waals surface area contributed by atoms with E-state index in [0.29, 0.717) is 5.69 Å². The van der Waals surface area contributed by atoms with E-state index in [0.717, 1.165) is 4.90 Å². The average Bonchev–Trinajstić information content (AvgIpc) is 2.57. The van der Waals surface area contributed by atoms with E-state index in [9.17, 15) is 18.0 Å². The second-order valence-corrected chi connectivity index (χ2v) is 6.95. The third-order valence-corrected chi connectivity index (χ3v) is 4.88. The van der Waals surface area contributed by atoms with Gasteiger partial charge >= 0.3 is 5.97 Å². The molecule has 2 N–H and O–H groups in total. The molecule has 8 nitrogen and oxygen atoms in total. The van der Waals surface area contributed by atoms with Crippen LogP contribution in [0.4, 0.5) is 11.4 Å². The van der Waals surface area contributed by atoms with Gasteiger partial charge in [-0.05, 0) is 30.3 Å². The summed E-state index contributed by atoms with van der Waals surface area (Å²) in [6.07, 6.45) is 0. The number of carboxylic acid groups (broad SMARTS) is 1. The largest absolute Gasteiger partial charge is 0.482 e. The van der Waals surface area contributed by atoms with Crippen molar-refractivity contribution >= 4 is 33.3 Å². The number of carbonyl (C=O) groups is 2. The highest BCUT2D eigenvalue weighted by Crippen LogP contribution is 2.34. The summed E-state index contributed by atoms with van der Waals surface area (Å²) < 4.78 is 32.7. The molecule has 0 aliphatic carbocycles. The molecule has 1 heterocycles. The molecule has 130 valence electrons. The highest BCUT2D eigenvalue weighted by Gasteiger charge is 2.29. The Hall–Kier alpha value is -3.07. The molecule has 3 rings (SSSR count). The number of hydrogen-bond donors (Lipinski definition) is 2. The zero-order chi connectivity index (χ0) is 18.0. The topological polar surface area (TPSA) is 113 Å². The summed E-state index contributed by atoms with van der Waals surface area (Å²) in [7, 11) is -3.91. The minimum Gasteiger partial charge on any atom is -0.482 e. The number of hydrogen-bond acceptors (Lipinski definition) is 5. The van der Waals surface area contributed by atoms with E-state index in [4.69, 9.17) is 9.84 Å². The van der Waals surface area contributed by atoms with E-state index in [2.05, 4.69) is 4.72 Å². The molecule has 25 heavy (non-hydrogen) atoms. The monoisotopic (exact) mass is 362 g/mol. The van der Waals surface area contributed by atoms with Gasteiger partial charge in [0.1, 0.15) is 12.3 Å². The number of ether oxygens (including phenoxy) is 1. The first-order valence-electron chi connectivity index (χ1n) is 7.24. The Morgan fingerprint density at radius 2 is 1.92 bits per heavy atom. The van der Waals surface area contributed by atoms with E-state index in [1.165, 1.54) is 18.2 Å². The van der Waals surface area contributed by atoms with Gasteiger partial charge in [-0.2, -0.15) is 0 Å². The average molecular weight is 362 g/mol. The number of anilines is 2. The molecule has 1 aliphatic rings. The normalized spacial score (nSPS) is 13.8. The predicted octanol–water partition coefficient (Wildman–Crippen LogP) is 1.30. The number of nitrogens with zero attached hydrogens (tertiary/aromatic N) is 1. The molecule has 2 aromatic rings. The van der Waals surface area contributed by atoms with Crippen LogP contribution in [-0.2, 0) is 19.6 Å². The van der Waals surface area contributed by atoms with Gasteiger partial charge in [-0.3, -0.25) is 19.2 Å². The molecule has 0 fully saturated rings. The van der Waals surface area contributed by atoms with Crippen LogP contribution in [0.15, 0.2) is 53.4 Å². The zero-order valence-electron chi connectivity index (χ0n) is 12.9. The number of fused-ring (bicyclic) bond motifs is 1. The SMILES string of the molecule is O=C(O)CN1C(=O)COc2ccc(S(=O)(=O)Nc3ccccc3)cc21. The molecule has 1 amide bonds. The van der Waals surface area contributed by atoms with Gasteiger partial charge in [0.15, 0.2) is 6.61 Å². The van der Waals surface area contributed by atoms with Crippen LogP contribution in [0.25, 0.3) is 0 Å². The smallest absolute Gasteiger partial charge is 0.323 e. The summed E-state index contributed by atoms with van der Waals surface area (Å²) in [6, 6.07) is 12.3. The van der Waals surface area contributed by atoms with E-state index in [1.54, 1.807) is 30.3 Å².